The van der Waals surface area contributed by atoms with E-state index in [1.807, 2.05) is 13.8 Å². The van der Waals surface area contributed by atoms with Crippen LogP contribution in [0.15, 0.2) is 0 Å². The Kier molecular flexibility index (Phi) is 5.22. The smallest absolute Gasteiger partial charge is 0.132 e. The van der Waals surface area contributed by atoms with Gasteiger partial charge in [0.25, 0.3) is 0 Å². The van der Waals surface area contributed by atoms with Crippen LogP contribution in [0, 0.1) is 0 Å². The molecular weight excluding hydrogens is 128 g/mol. The van der Waals surface area contributed by atoms with Crippen molar-refractivity contribution in [3.63, 3.8) is 0 Å². The Morgan fingerprint density at radius 1 is 1.60 bits per heavy atom. The fourth-order valence-corrected chi connectivity index (χ4v) is 0.659. The molecule has 0 fully saturated rings. The molecule has 0 aliphatic carbocycles. The van der Waals surface area contributed by atoms with Crippen LogP contribution in [-0.4, -0.2) is 19.0 Å². The first-order valence-electron chi connectivity index (χ1n) is 3.75. The minimum Gasteiger partial charge on any atom is -0.382 e. The predicted octanol–water partition coefficient (Wildman–Crippen LogP) is 1.78. The van der Waals surface area contributed by atoms with E-state index in [1.54, 1.807) is 7.11 Å². The highest BCUT2D eigenvalue weighted by atomic mass is 16.5. The molecule has 0 aliphatic rings. The van der Waals surface area contributed by atoms with E-state index < -0.39 is 0 Å². The molecule has 0 amide bonds. The molecule has 2 heteroatoms. The molecule has 2 nitrogen and oxygen atoms in total. The van der Waals surface area contributed by atoms with E-state index in [1.165, 1.54) is 0 Å². The summed E-state index contributed by atoms with van der Waals surface area (Å²) < 4.78 is 4.99. The second-order valence-electron chi connectivity index (χ2n) is 2.48. The molecule has 0 saturated heterocycles. The van der Waals surface area contributed by atoms with Gasteiger partial charge in [-0.25, -0.2) is 0 Å². The number of Topliss-reactive ketones (excluding diaryl/α,β-unsaturated/α-hetero) is 1. The van der Waals surface area contributed by atoms with E-state index in [4.69, 9.17) is 4.74 Å². The zero-order valence-electron chi connectivity index (χ0n) is 7.02. The summed E-state index contributed by atoms with van der Waals surface area (Å²) in [7, 11) is 1.67. The number of rotatable bonds is 5. The first kappa shape index (κ1) is 9.63. The third-order valence-corrected chi connectivity index (χ3v) is 1.63. The molecule has 0 saturated carbocycles. The highest BCUT2D eigenvalue weighted by Gasteiger charge is 2.02. The summed E-state index contributed by atoms with van der Waals surface area (Å²) in [5.41, 5.74) is 0. The SMILES string of the molecule is CCC(=O)CCC(C)OC. The normalized spacial score (nSPS) is 13.1. The summed E-state index contributed by atoms with van der Waals surface area (Å²) in [5.74, 6) is 0.323. The van der Waals surface area contributed by atoms with Crippen molar-refractivity contribution in [2.24, 2.45) is 0 Å². The molecule has 1 atom stereocenters. The summed E-state index contributed by atoms with van der Waals surface area (Å²) in [6, 6.07) is 0. The molecule has 0 radical (unpaired) electrons. The van der Waals surface area contributed by atoms with Gasteiger partial charge in [0.1, 0.15) is 5.78 Å². The molecule has 0 aromatic rings. The van der Waals surface area contributed by atoms with Crippen molar-refractivity contribution in [2.75, 3.05) is 7.11 Å². The minimum atomic E-state index is 0.218. The van der Waals surface area contributed by atoms with Crippen LogP contribution in [-0.2, 0) is 9.53 Å². The third kappa shape index (κ3) is 4.50. The topological polar surface area (TPSA) is 26.3 Å². The van der Waals surface area contributed by atoms with E-state index in [0.717, 1.165) is 6.42 Å². The minimum absolute atomic E-state index is 0.218. The highest BCUT2D eigenvalue weighted by Crippen LogP contribution is 2.01. The molecule has 60 valence electrons. The highest BCUT2D eigenvalue weighted by molar-refractivity contribution is 5.77. The van der Waals surface area contributed by atoms with Gasteiger partial charge >= 0.3 is 0 Å². The van der Waals surface area contributed by atoms with Gasteiger partial charge < -0.3 is 4.74 Å². The maximum absolute atomic E-state index is 10.8. The Morgan fingerprint density at radius 2 is 2.20 bits per heavy atom. The quantitative estimate of drug-likeness (QED) is 0.588. The van der Waals surface area contributed by atoms with Gasteiger partial charge in [-0.15, -0.1) is 0 Å². The molecule has 0 bridgehead atoms. The first-order valence-corrected chi connectivity index (χ1v) is 3.75. The van der Waals surface area contributed by atoms with Gasteiger partial charge in [-0.3, -0.25) is 4.79 Å². The maximum atomic E-state index is 10.8. The standard InChI is InChI=1S/C8H16O2/c1-4-8(9)6-5-7(2)10-3/h7H,4-6H2,1-3H3. The van der Waals surface area contributed by atoms with Crippen molar-refractivity contribution in [1.29, 1.82) is 0 Å². The van der Waals surface area contributed by atoms with Crippen LogP contribution >= 0.6 is 0 Å². The second-order valence-corrected chi connectivity index (χ2v) is 2.48. The molecule has 0 aromatic heterocycles. The van der Waals surface area contributed by atoms with Crippen LogP contribution < -0.4 is 0 Å². The summed E-state index contributed by atoms with van der Waals surface area (Å²) >= 11 is 0. The Morgan fingerprint density at radius 3 is 2.60 bits per heavy atom. The zero-order chi connectivity index (χ0) is 7.98. The van der Waals surface area contributed by atoms with Crippen molar-refractivity contribution < 1.29 is 9.53 Å². The number of methoxy groups -OCH3 is 1. The summed E-state index contributed by atoms with van der Waals surface area (Å²) in [5, 5.41) is 0. The molecule has 10 heavy (non-hydrogen) atoms. The lowest BCUT2D eigenvalue weighted by Crippen LogP contribution is -2.07. The molecular formula is C8H16O2. The Hall–Kier alpha value is -0.370. The average Bonchev–Trinajstić information content (AvgIpc) is 1.99. The average molecular weight is 144 g/mol. The molecule has 1 unspecified atom stereocenters. The van der Waals surface area contributed by atoms with Gasteiger partial charge in [-0.1, -0.05) is 6.92 Å². The Labute approximate surface area is 62.6 Å². The zero-order valence-corrected chi connectivity index (χ0v) is 7.02. The maximum Gasteiger partial charge on any atom is 0.132 e. The summed E-state index contributed by atoms with van der Waals surface area (Å²) in [6.07, 6.45) is 2.38. The van der Waals surface area contributed by atoms with Gasteiger partial charge in [-0.2, -0.15) is 0 Å². The summed E-state index contributed by atoms with van der Waals surface area (Å²) in [6.45, 7) is 3.86. The van der Waals surface area contributed by atoms with Gasteiger partial charge in [0.15, 0.2) is 0 Å². The number of carbonyl (C=O) groups excluding carboxylic acids is 1. The van der Waals surface area contributed by atoms with E-state index in [0.29, 0.717) is 18.6 Å². The van der Waals surface area contributed by atoms with Gasteiger partial charge in [0, 0.05) is 20.0 Å². The monoisotopic (exact) mass is 144 g/mol. The van der Waals surface area contributed by atoms with Gasteiger partial charge in [0.2, 0.25) is 0 Å². The van der Waals surface area contributed by atoms with Gasteiger partial charge in [0.05, 0.1) is 6.10 Å². The Bertz CT molecular complexity index is 99.4. The first-order chi connectivity index (χ1) is 4.70. The van der Waals surface area contributed by atoms with Crippen LogP contribution in [0.2, 0.25) is 0 Å². The van der Waals surface area contributed by atoms with Crippen molar-refractivity contribution >= 4 is 5.78 Å². The number of carbonyl (C=O) groups is 1. The van der Waals surface area contributed by atoms with Crippen molar-refractivity contribution in [1.82, 2.24) is 0 Å². The van der Waals surface area contributed by atoms with Crippen molar-refractivity contribution in [3.8, 4) is 0 Å². The van der Waals surface area contributed by atoms with Crippen LogP contribution in [0.3, 0.4) is 0 Å². The van der Waals surface area contributed by atoms with E-state index in [-0.39, 0.29) is 6.10 Å². The number of ether oxygens (including phenoxy) is 1. The van der Waals surface area contributed by atoms with Crippen LogP contribution in [0.5, 0.6) is 0 Å². The third-order valence-electron chi connectivity index (χ3n) is 1.63. The lowest BCUT2D eigenvalue weighted by molar-refractivity contribution is -0.119. The second kappa shape index (κ2) is 5.42. The molecule has 0 rings (SSSR count). The number of hydrogen-bond acceptors (Lipinski definition) is 2. The molecule has 0 N–H and O–H groups in total. The van der Waals surface area contributed by atoms with Crippen molar-refractivity contribution in [2.45, 2.75) is 39.2 Å². The van der Waals surface area contributed by atoms with Crippen LogP contribution in [0.4, 0.5) is 0 Å². The largest absolute Gasteiger partial charge is 0.382 e. The Balaban J connectivity index is 3.26. The van der Waals surface area contributed by atoms with E-state index in [2.05, 4.69) is 0 Å². The van der Waals surface area contributed by atoms with E-state index in [9.17, 15) is 4.79 Å². The van der Waals surface area contributed by atoms with E-state index >= 15 is 0 Å². The molecule has 0 aromatic carbocycles. The number of hydrogen-bond donors (Lipinski definition) is 0. The summed E-state index contributed by atoms with van der Waals surface area (Å²) in [4.78, 5) is 10.8. The number of ketones is 1. The van der Waals surface area contributed by atoms with Crippen LogP contribution in [0.25, 0.3) is 0 Å². The molecule has 0 aliphatic heterocycles. The molecule has 0 spiro atoms. The van der Waals surface area contributed by atoms with Crippen molar-refractivity contribution in [3.05, 3.63) is 0 Å². The van der Waals surface area contributed by atoms with Gasteiger partial charge in [-0.05, 0) is 13.3 Å². The predicted molar refractivity (Wildman–Crippen MR) is 41.0 cm³/mol. The fraction of sp³-hybridized carbons (Fsp3) is 0.875. The van der Waals surface area contributed by atoms with Crippen LogP contribution in [0.1, 0.15) is 33.1 Å². The fourth-order valence-electron chi connectivity index (χ4n) is 0.659. The molecule has 0 heterocycles. The lowest BCUT2D eigenvalue weighted by Gasteiger charge is -2.06. The lowest BCUT2D eigenvalue weighted by atomic mass is 10.1.